The molecule has 1 aromatic rings. The van der Waals surface area contributed by atoms with E-state index in [-0.39, 0.29) is 12.5 Å². The summed E-state index contributed by atoms with van der Waals surface area (Å²) in [6.45, 7) is 3.38. The number of hydrogen-bond acceptors (Lipinski definition) is 2. The number of nitrogens with zero attached hydrogens (tertiary/aromatic N) is 1. The highest BCUT2D eigenvalue weighted by Crippen LogP contribution is 2.17. The van der Waals surface area contributed by atoms with Crippen LogP contribution in [0.2, 0.25) is 5.02 Å². The number of rotatable bonds is 8. The van der Waals surface area contributed by atoms with E-state index in [4.69, 9.17) is 27.9 Å². The SMILES string of the molecule is CCCCN(CCCl)C(=O)COc1cccc(Cl)c1. The molecule has 0 aliphatic heterocycles. The normalized spacial score (nSPS) is 10.3. The summed E-state index contributed by atoms with van der Waals surface area (Å²) >= 11 is 11.6. The second kappa shape index (κ2) is 9.05. The third-order valence-corrected chi connectivity index (χ3v) is 3.05. The van der Waals surface area contributed by atoms with Crippen molar-refractivity contribution in [3.05, 3.63) is 29.3 Å². The van der Waals surface area contributed by atoms with Crippen molar-refractivity contribution in [3.63, 3.8) is 0 Å². The van der Waals surface area contributed by atoms with E-state index in [0.717, 1.165) is 19.4 Å². The molecule has 5 heteroatoms. The van der Waals surface area contributed by atoms with Gasteiger partial charge in [-0.3, -0.25) is 4.79 Å². The molecule has 1 amide bonds. The van der Waals surface area contributed by atoms with E-state index in [9.17, 15) is 4.79 Å². The lowest BCUT2D eigenvalue weighted by Crippen LogP contribution is -2.37. The van der Waals surface area contributed by atoms with E-state index in [1.165, 1.54) is 0 Å². The highest BCUT2D eigenvalue weighted by molar-refractivity contribution is 6.30. The molecule has 0 atom stereocenters. The van der Waals surface area contributed by atoms with Crippen molar-refractivity contribution in [2.75, 3.05) is 25.6 Å². The third kappa shape index (κ3) is 6.17. The third-order valence-electron chi connectivity index (χ3n) is 2.65. The topological polar surface area (TPSA) is 29.5 Å². The molecule has 0 fully saturated rings. The average molecular weight is 304 g/mol. The van der Waals surface area contributed by atoms with Gasteiger partial charge in [0.1, 0.15) is 5.75 Å². The first-order valence-electron chi connectivity index (χ1n) is 6.39. The Hall–Kier alpha value is -0.930. The zero-order valence-corrected chi connectivity index (χ0v) is 12.6. The summed E-state index contributed by atoms with van der Waals surface area (Å²) in [6, 6.07) is 7.01. The van der Waals surface area contributed by atoms with Crippen LogP contribution in [0, 0.1) is 0 Å². The lowest BCUT2D eigenvalue weighted by molar-refractivity contribution is -0.133. The van der Waals surface area contributed by atoms with Crippen LogP contribution in [0.1, 0.15) is 19.8 Å². The van der Waals surface area contributed by atoms with Crippen molar-refractivity contribution in [2.45, 2.75) is 19.8 Å². The summed E-state index contributed by atoms with van der Waals surface area (Å²) in [5.74, 6) is 0.989. The highest BCUT2D eigenvalue weighted by Gasteiger charge is 2.13. The summed E-state index contributed by atoms with van der Waals surface area (Å²) in [7, 11) is 0. The predicted octanol–water partition coefficient (Wildman–Crippen LogP) is 3.59. The number of ether oxygens (including phenoxy) is 1. The summed E-state index contributed by atoms with van der Waals surface area (Å²) in [5, 5.41) is 0.591. The molecule has 1 aromatic carbocycles. The van der Waals surface area contributed by atoms with Gasteiger partial charge >= 0.3 is 0 Å². The van der Waals surface area contributed by atoms with Crippen LogP contribution >= 0.6 is 23.2 Å². The summed E-state index contributed by atoms with van der Waals surface area (Å²) in [4.78, 5) is 13.7. The van der Waals surface area contributed by atoms with Gasteiger partial charge < -0.3 is 9.64 Å². The first-order chi connectivity index (χ1) is 9.17. The molecule has 0 spiro atoms. The number of hydrogen-bond donors (Lipinski definition) is 0. The first kappa shape index (κ1) is 16.1. The van der Waals surface area contributed by atoms with Gasteiger partial charge in [0.15, 0.2) is 6.61 Å². The maximum absolute atomic E-state index is 12.0. The molecule has 0 bridgehead atoms. The first-order valence-corrected chi connectivity index (χ1v) is 7.30. The molecule has 0 N–H and O–H groups in total. The van der Waals surface area contributed by atoms with Crippen LogP contribution in [0.25, 0.3) is 0 Å². The summed E-state index contributed by atoms with van der Waals surface area (Å²) in [6.07, 6.45) is 2.01. The van der Waals surface area contributed by atoms with Crippen LogP contribution in [0.15, 0.2) is 24.3 Å². The van der Waals surface area contributed by atoms with E-state index in [1.807, 2.05) is 0 Å². The van der Waals surface area contributed by atoms with E-state index in [0.29, 0.717) is 23.2 Å². The van der Waals surface area contributed by atoms with Gasteiger partial charge in [-0.25, -0.2) is 0 Å². The monoisotopic (exact) mass is 303 g/mol. The Morgan fingerprint density at radius 2 is 2.16 bits per heavy atom. The molecular weight excluding hydrogens is 285 g/mol. The fourth-order valence-electron chi connectivity index (χ4n) is 1.61. The van der Waals surface area contributed by atoms with Gasteiger partial charge in [-0.15, -0.1) is 11.6 Å². The van der Waals surface area contributed by atoms with Crippen molar-refractivity contribution < 1.29 is 9.53 Å². The zero-order valence-electron chi connectivity index (χ0n) is 11.1. The van der Waals surface area contributed by atoms with Gasteiger partial charge in [-0.2, -0.15) is 0 Å². The van der Waals surface area contributed by atoms with Gasteiger partial charge in [-0.05, 0) is 24.6 Å². The Bertz CT molecular complexity index is 399. The fourth-order valence-corrected chi connectivity index (χ4v) is 1.99. The van der Waals surface area contributed by atoms with Crippen molar-refractivity contribution in [1.29, 1.82) is 0 Å². The molecule has 19 heavy (non-hydrogen) atoms. The Morgan fingerprint density at radius 3 is 2.79 bits per heavy atom. The van der Waals surface area contributed by atoms with Crippen molar-refractivity contribution in [3.8, 4) is 5.75 Å². The minimum absolute atomic E-state index is 0.0148. The number of unbranched alkanes of at least 4 members (excludes halogenated alkanes) is 1. The fraction of sp³-hybridized carbons (Fsp3) is 0.500. The molecule has 0 aromatic heterocycles. The van der Waals surface area contributed by atoms with Crippen LogP contribution < -0.4 is 4.74 Å². The smallest absolute Gasteiger partial charge is 0.260 e. The van der Waals surface area contributed by atoms with Gasteiger partial charge in [-0.1, -0.05) is 31.0 Å². The molecule has 3 nitrogen and oxygen atoms in total. The number of amides is 1. The number of alkyl halides is 1. The largest absolute Gasteiger partial charge is 0.484 e. The van der Waals surface area contributed by atoms with Crippen LogP contribution in [0.4, 0.5) is 0 Å². The van der Waals surface area contributed by atoms with Crippen molar-refractivity contribution in [1.82, 2.24) is 4.90 Å². The van der Waals surface area contributed by atoms with Gasteiger partial charge in [0.25, 0.3) is 5.91 Å². The van der Waals surface area contributed by atoms with E-state index >= 15 is 0 Å². The molecule has 0 unspecified atom stereocenters. The van der Waals surface area contributed by atoms with Crippen molar-refractivity contribution >= 4 is 29.1 Å². The van der Waals surface area contributed by atoms with E-state index in [1.54, 1.807) is 29.2 Å². The standard InChI is InChI=1S/C14H19Cl2NO2/c1-2-3-8-17(9-7-15)14(18)11-19-13-6-4-5-12(16)10-13/h4-6,10H,2-3,7-9,11H2,1H3. The van der Waals surface area contributed by atoms with Gasteiger partial charge in [0, 0.05) is 24.0 Å². The maximum atomic E-state index is 12.0. The molecule has 106 valence electrons. The van der Waals surface area contributed by atoms with E-state index < -0.39 is 0 Å². The molecule has 0 aliphatic rings. The lowest BCUT2D eigenvalue weighted by Gasteiger charge is -2.21. The lowest BCUT2D eigenvalue weighted by atomic mass is 10.3. The van der Waals surface area contributed by atoms with Crippen molar-refractivity contribution in [2.24, 2.45) is 0 Å². The highest BCUT2D eigenvalue weighted by atomic mass is 35.5. The number of carbonyl (C=O) groups is 1. The average Bonchev–Trinajstić information content (AvgIpc) is 2.41. The number of benzene rings is 1. The molecular formula is C14H19Cl2NO2. The Balaban J connectivity index is 2.47. The maximum Gasteiger partial charge on any atom is 0.260 e. The van der Waals surface area contributed by atoms with Gasteiger partial charge in [0.05, 0.1) is 0 Å². The minimum Gasteiger partial charge on any atom is -0.484 e. The molecule has 0 heterocycles. The Kier molecular flexibility index (Phi) is 7.68. The van der Waals surface area contributed by atoms with Crippen LogP contribution in [0.5, 0.6) is 5.75 Å². The quantitative estimate of drug-likeness (QED) is 0.687. The molecule has 0 saturated carbocycles. The van der Waals surface area contributed by atoms with Crippen LogP contribution in [0.3, 0.4) is 0 Å². The molecule has 0 radical (unpaired) electrons. The number of halogens is 2. The molecule has 0 aliphatic carbocycles. The summed E-state index contributed by atoms with van der Waals surface area (Å²) in [5.41, 5.74) is 0. The number of carbonyl (C=O) groups excluding carboxylic acids is 1. The second-order valence-electron chi connectivity index (χ2n) is 4.17. The summed E-state index contributed by atoms with van der Waals surface area (Å²) < 4.78 is 5.44. The zero-order chi connectivity index (χ0) is 14.1. The Morgan fingerprint density at radius 1 is 1.37 bits per heavy atom. The second-order valence-corrected chi connectivity index (χ2v) is 4.98. The molecule has 1 rings (SSSR count). The minimum atomic E-state index is -0.0472. The van der Waals surface area contributed by atoms with Gasteiger partial charge in [0.2, 0.25) is 0 Å². The van der Waals surface area contributed by atoms with E-state index in [2.05, 4.69) is 6.92 Å². The molecule has 0 saturated heterocycles. The van der Waals surface area contributed by atoms with Crippen LogP contribution in [-0.4, -0.2) is 36.4 Å². The predicted molar refractivity (Wildman–Crippen MR) is 79.2 cm³/mol. The Labute approximate surface area is 124 Å². The van der Waals surface area contributed by atoms with Crippen LogP contribution in [-0.2, 0) is 4.79 Å².